The van der Waals surface area contributed by atoms with E-state index in [9.17, 15) is 9.90 Å². The molecular weight excluding hydrogens is 164 g/mol. The largest absolute Gasteiger partial charge is 0.508 e. The minimum absolute atomic E-state index is 0.773. The van der Waals surface area contributed by atoms with Crippen LogP contribution in [0.25, 0.3) is 0 Å². The van der Waals surface area contributed by atoms with Crippen LogP contribution in [0.2, 0.25) is 0 Å². The highest BCUT2D eigenvalue weighted by molar-refractivity contribution is 5.82. The summed E-state index contributed by atoms with van der Waals surface area (Å²) in [5.41, 5.74) is -2.60. The first-order valence-corrected chi connectivity index (χ1v) is 3.21. The normalized spacial score (nSPS) is 34.5. The van der Waals surface area contributed by atoms with Crippen molar-refractivity contribution in [2.45, 2.75) is 11.7 Å². The van der Waals surface area contributed by atoms with Gasteiger partial charge in [0.1, 0.15) is 11.9 Å². The second-order valence-electron chi connectivity index (χ2n) is 2.45. The molecule has 0 spiro atoms. The van der Waals surface area contributed by atoms with Gasteiger partial charge in [-0.1, -0.05) is 12.2 Å². The Morgan fingerprint density at radius 3 is 2.50 bits per heavy atom. The van der Waals surface area contributed by atoms with Gasteiger partial charge < -0.3 is 20.4 Å². The van der Waals surface area contributed by atoms with Crippen molar-refractivity contribution in [2.24, 2.45) is 0 Å². The molecule has 5 heteroatoms. The lowest BCUT2D eigenvalue weighted by Crippen LogP contribution is -2.51. The summed E-state index contributed by atoms with van der Waals surface area (Å²) in [6, 6.07) is 0. The summed E-state index contributed by atoms with van der Waals surface area (Å²) in [7, 11) is 0. The van der Waals surface area contributed by atoms with Crippen LogP contribution in [0.5, 0.6) is 0 Å². The van der Waals surface area contributed by atoms with Crippen molar-refractivity contribution < 1.29 is 25.2 Å². The van der Waals surface area contributed by atoms with Crippen molar-refractivity contribution in [3.8, 4) is 0 Å². The quantitative estimate of drug-likeness (QED) is 0.414. The predicted octanol–water partition coefficient (Wildman–Crippen LogP) is -0.825. The Balaban J connectivity index is 3.10. The number of carboxylic acids is 1. The van der Waals surface area contributed by atoms with Gasteiger partial charge in [-0.2, -0.15) is 0 Å². The molecule has 2 atom stereocenters. The summed E-state index contributed by atoms with van der Waals surface area (Å²) in [5.74, 6) is -2.46. The molecule has 0 aliphatic heterocycles. The SMILES string of the molecule is O=C(O)C1(O)C(O)=CC=CC1O. The summed E-state index contributed by atoms with van der Waals surface area (Å²) in [6.45, 7) is 0. The molecule has 5 nitrogen and oxygen atoms in total. The maximum atomic E-state index is 10.5. The van der Waals surface area contributed by atoms with Gasteiger partial charge in [-0.25, -0.2) is 4.79 Å². The fourth-order valence-electron chi connectivity index (χ4n) is 0.906. The summed E-state index contributed by atoms with van der Waals surface area (Å²) < 4.78 is 0. The fraction of sp³-hybridized carbons (Fsp3) is 0.286. The summed E-state index contributed by atoms with van der Waals surface area (Å²) in [5, 5.41) is 35.8. The van der Waals surface area contributed by atoms with E-state index in [-0.39, 0.29) is 0 Å². The lowest BCUT2D eigenvalue weighted by molar-refractivity contribution is -0.166. The molecule has 0 heterocycles. The summed E-state index contributed by atoms with van der Waals surface area (Å²) in [6.07, 6.45) is 1.73. The molecule has 1 rings (SSSR count). The molecule has 0 saturated carbocycles. The average Bonchev–Trinajstić information content (AvgIpc) is 1.99. The molecule has 0 fully saturated rings. The van der Waals surface area contributed by atoms with Gasteiger partial charge in [-0.05, 0) is 6.08 Å². The first-order chi connectivity index (χ1) is 5.49. The third kappa shape index (κ3) is 0.992. The number of hydrogen-bond donors (Lipinski definition) is 4. The molecule has 0 amide bonds. The minimum Gasteiger partial charge on any atom is -0.508 e. The van der Waals surface area contributed by atoms with E-state index in [4.69, 9.17) is 15.3 Å². The molecule has 1 aliphatic carbocycles. The van der Waals surface area contributed by atoms with Gasteiger partial charge in [0.2, 0.25) is 5.60 Å². The van der Waals surface area contributed by atoms with E-state index in [0.717, 1.165) is 12.2 Å². The zero-order chi connectivity index (χ0) is 9.35. The van der Waals surface area contributed by atoms with Gasteiger partial charge in [0, 0.05) is 0 Å². The highest BCUT2D eigenvalue weighted by Gasteiger charge is 2.47. The molecule has 0 aromatic heterocycles. The Morgan fingerprint density at radius 1 is 1.58 bits per heavy atom. The Hall–Kier alpha value is -1.33. The Morgan fingerprint density at radius 2 is 2.17 bits per heavy atom. The third-order valence-electron chi connectivity index (χ3n) is 1.69. The van der Waals surface area contributed by atoms with E-state index in [1.54, 1.807) is 0 Å². The first-order valence-electron chi connectivity index (χ1n) is 3.21. The maximum absolute atomic E-state index is 10.5. The van der Waals surface area contributed by atoms with E-state index >= 15 is 0 Å². The van der Waals surface area contributed by atoms with E-state index in [0.29, 0.717) is 0 Å². The molecule has 2 unspecified atom stereocenters. The maximum Gasteiger partial charge on any atom is 0.346 e. The number of rotatable bonds is 1. The smallest absolute Gasteiger partial charge is 0.346 e. The van der Waals surface area contributed by atoms with Crippen molar-refractivity contribution in [1.82, 2.24) is 0 Å². The van der Waals surface area contributed by atoms with Crippen LogP contribution in [0.15, 0.2) is 24.0 Å². The highest BCUT2D eigenvalue weighted by Crippen LogP contribution is 2.24. The van der Waals surface area contributed by atoms with Crippen LogP contribution in [-0.2, 0) is 4.79 Å². The number of hydrogen-bond acceptors (Lipinski definition) is 4. The van der Waals surface area contributed by atoms with Crippen molar-refractivity contribution >= 4 is 5.97 Å². The van der Waals surface area contributed by atoms with Crippen LogP contribution in [0, 0.1) is 0 Å². The number of allylic oxidation sites excluding steroid dienone is 2. The second kappa shape index (κ2) is 2.62. The van der Waals surface area contributed by atoms with Crippen LogP contribution >= 0.6 is 0 Å². The molecule has 1 aliphatic rings. The number of aliphatic carboxylic acids is 1. The van der Waals surface area contributed by atoms with Gasteiger partial charge in [0.25, 0.3) is 0 Å². The Kier molecular flexibility index (Phi) is 1.91. The molecule has 0 radical (unpaired) electrons. The monoisotopic (exact) mass is 172 g/mol. The van der Waals surface area contributed by atoms with Gasteiger partial charge in [0.05, 0.1) is 0 Å². The topological polar surface area (TPSA) is 98.0 Å². The van der Waals surface area contributed by atoms with Crippen LogP contribution in [-0.4, -0.2) is 38.1 Å². The summed E-state index contributed by atoms with van der Waals surface area (Å²) >= 11 is 0. The van der Waals surface area contributed by atoms with Gasteiger partial charge in [-0.3, -0.25) is 0 Å². The van der Waals surface area contributed by atoms with Crippen LogP contribution in [0.1, 0.15) is 0 Å². The van der Waals surface area contributed by atoms with E-state index in [1.165, 1.54) is 6.08 Å². The summed E-state index contributed by atoms with van der Waals surface area (Å²) in [4.78, 5) is 10.5. The number of aliphatic hydroxyl groups excluding tert-OH is 2. The standard InChI is InChI=1S/C7H8O5/c8-4-2-1-3-5(9)7(4,12)6(10)11/h1-4,8-9,12H,(H,10,11). The van der Waals surface area contributed by atoms with Crippen LogP contribution in [0.4, 0.5) is 0 Å². The van der Waals surface area contributed by atoms with E-state index in [1.807, 2.05) is 0 Å². The van der Waals surface area contributed by atoms with E-state index < -0.39 is 23.4 Å². The first kappa shape index (κ1) is 8.76. The van der Waals surface area contributed by atoms with Gasteiger partial charge in [0.15, 0.2) is 0 Å². The zero-order valence-electron chi connectivity index (χ0n) is 6.01. The molecule has 12 heavy (non-hydrogen) atoms. The number of carboxylic acid groups (broad SMARTS) is 1. The molecule has 0 aromatic carbocycles. The average molecular weight is 172 g/mol. The lowest BCUT2D eigenvalue weighted by Gasteiger charge is -2.27. The molecular formula is C7H8O5. The van der Waals surface area contributed by atoms with Crippen molar-refractivity contribution in [1.29, 1.82) is 0 Å². The second-order valence-corrected chi connectivity index (χ2v) is 2.45. The van der Waals surface area contributed by atoms with Gasteiger partial charge in [-0.15, -0.1) is 0 Å². The molecule has 0 bridgehead atoms. The van der Waals surface area contributed by atoms with Crippen molar-refractivity contribution in [2.75, 3.05) is 0 Å². The predicted molar refractivity (Wildman–Crippen MR) is 38.4 cm³/mol. The molecule has 0 aromatic rings. The molecule has 0 saturated heterocycles. The Bertz CT molecular complexity index is 267. The number of carbonyl (C=O) groups is 1. The van der Waals surface area contributed by atoms with Crippen LogP contribution < -0.4 is 0 Å². The molecule has 66 valence electrons. The lowest BCUT2D eigenvalue weighted by atomic mass is 9.90. The molecule has 4 N–H and O–H groups in total. The Labute approximate surface area is 67.9 Å². The third-order valence-corrected chi connectivity index (χ3v) is 1.69. The number of aliphatic hydroxyl groups is 3. The van der Waals surface area contributed by atoms with Gasteiger partial charge >= 0.3 is 5.97 Å². The highest BCUT2D eigenvalue weighted by atomic mass is 16.4. The fourth-order valence-corrected chi connectivity index (χ4v) is 0.906. The van der Waals surface area contributed by atoms with Crippen LogP contribution in [0.3, 0.4) is 0 Å². The van der Waals surface area contributed by atoms with E-state index in [2.05, 4.69) is 0 Å². The zero-order valence-corrected chi connectivity index (χ0v) is 6.01. The minimum atomic E-state index is -2.60. The van der Waals surface area contributed by atoms with Crippen molar-refractivity contribution in [3.05, 3.63) is 24.0 Å². The van der Waals surface area contributed by atoms with Crippen molar-refractivity contribution in [3.63, 3.8) is 0 Å².